The fourth-order valence-corrected chi connectivity index (χ4v) is 3.06. The molecule has 4 aromatic heterocycles. The summed E-state index contributed by atoms with van der Waals surface area (Å²) >= 11 is 6.01. The second-order valence-corrected chi connectivity index (χ2v) is 7.13. The van der Waals surface area contributed by atoms with Crippen molar-refractivity contribution < 1.29 is 5.11 Å². The Bertz CT molecular complexity index is 1400. The normalized spacial score (nSPS) is 15.3. The number of rotatable bonds is 4. The number of fused-ring (bicyclic) bond motifs is 1. The number of aromatic nitrogens is 6. The fraction of sp³-hybridized carbons (Fsp3) is 0.167. The number of nitrogens with zero attached hydrogens (tertiary/aromatic N) is 5. The average molecular weight is 411 g/mol. The lowest BCUT2D eigenvalue weighted by molar-refractivity contribution is 0.454. The largest absolute Gasteiger partial charge is 0.493 e. The zero-order valence-electron chi connectivity index (χ0n) is 14.9. The number of H-pyrrole nitrogens is 2. The van der Waals surface area contributed by atoms with E-state index in [9.17, 15) is 9.90 Å². The Balaban J connectivity index is 1.68. The molecule has 146 valence electrons. The van der Waals surface area contributed by atoms with Crippen LogP contribution < -0.4 is 21.7 Å². The van der Waals surface area contributed by atoms with Gasteiger partial charge in [0, 0.05) is 17.5 Å². The van der Waals surface area contributed by atoms with Crippen molar-refractivity contribution in [2.75, 3.05) is 5.32 Å². The van der Waals surface area contributed by atoms with Gasteiger partial charge in [-0.25, -0.2) is 9.78 Å². The second kappa shape index (κ2) is 6.74. The molecule has 1 saturated carbocycles. The minimum atomic E-state index is -0.501. The number of nitrogens with one attached hydrogen (secondary N) is 3. The molecule has 4 aromatic rings. The van der Waals surface area contributed by atoms with Crippen molar-refractivity contribution in [1.29, 1.82) is 0 Å². The standard InChI is InChI=1S/C18H15ClN8O2/c19-10-4-12(8-20-7-10)22-14-5-15(23-11-1-2-11)27-16(25-14)9(6-21-27)3-13-17(28)26-18(29)24-13/h3-8,11,22,28H,1-2H2,(H2,24,26,29)/b9-3+,23-15?. The van der Waals surface area contributed by atoms with E-state index in [1.165, 1.54) is 0 Å². The molecule has 4 heterocycles. The maximum Gasteiger partial charge on any atom is 0.326 e. The highest BCUT2D eigenvalue weighted by atomic mass is 35.5. The first kappa shape index (κ1) is 17.4. The molecule has 0 aliphatic heterocycles. The van der Waals surface area contributed by atoms with E-state index in [1.807, 2.05) is 0 Å². The van der Waals surface area contributed by atoms with Crippen LogP contribution in [-0.2, 0) is 0 Å². The minimum absolute atomic E-state index is 0.241. The van der Waals surface area contributed by atoms with Crippen molar-refractivity contribution in [3.8, 4) is 5.88 Å². The maximum atomic E-state index is 11.4. The zero-order valence-corrected chi connectivity index (χ0v) is 15.7. The van der Waals surface area contributed by atoms with Crippen LogP contribution in [0.25, 0.3) is 11.7 Å². The Morgan fingerprint density at radius 2 is 2.14 bits per heavy atom. The highest BCUT2D eigenvalue weighted by Gasteiger charge is 2.20. The van der Waals surface area contributed by atoms with Gasteiger partial charge >= 0.3 is 5.69 Å². The van der Waals surface area contributed by atoms with Gasteiger partial charge in [-0.1, -0.05) is 11.6 Å². The predicted molar refractivity (Wildman–Crippen MR) is 106 cm³/mol. The van der Waals surface area contributed by atoms with Gasteiger partial charge in [0.25, 0.3) is 0 Å². The van der Waals surface area contributed by atoms with E-state index in [2.05, 4.69) is 30.4 Å². The monoisotopic (exact) mass is 410 g/mol. The first-order valence-electron chi connectivity index (χ1n) is 8.88. The van der Waals surface area contributed by atoms with Gasteiger partial charge in [-0.2, -0.15) is 9.61 Å². The van der Waals surface area contributed by atoms with E-state index in [0.29, 0.717) is 32.9 Å². The Morgan fingerprint density at radius 1 is 1.28 bits per heavy atom. The molecule has 10 nitrogen and oxygen atoms in total. The lowest BCUT2D eigenvalue weighted by atomic mass is 10.3. The lowest BCUT2D eigenvalue weighted by Gasteiger charge is -2.06. The molecule has 29 heavy (non-hydrogen) atoms. The number of aromatic amines is 2. The number of hydrogen-bond donors (Lipinski definition) is 4. The summed E-state index contributed by atoms with van der Waals surface area (Å²) < 4.78 is 1.63. The molecule has 0 bridgehead atoms. The molecular formula is C18H15ClN8O2. The minimum Gasteiger partial charge on any atom is -0.493 e. The zero-order chi connectivity index (χ0) is 20.0. The molecule has 1 fully saturated rings. The Morgan fingerprint density at radius 3 is 2.86 bits per heavy atom. The van der Waals surface area contributed by atoms with Crippen molar-refractivity contribution in [2.24, 2.45) is 4.99 Å². The Labute approximate surface area is 167 Å². The van der Waals surface area contributed by atoms with Gasteiger partial charge in [-0.3, -0.25) is 15.0 Å². The van der Waals surface area contributed by atoms with Crippen LogP contribution >= 0.6 is 11.6 Å². The average Bonchev–Trinajstić information content (AvgIpc) is 3.31. The highest BCUT2D eigenvalue weighted by molar-refractivity contribution is 6.30. The topological polar surface area (TPSA) is 136 Å². The molecule has 4 N–H and O–H groups in total. The molecular weight excluding hydrogens is 396 g/mol. The van der Waals surface area contributed by atoms with Crippen LogP contribution in [0.15, 0.2) is 40.5 Å². The van der Waals surface area contributed by atoms with Gasteiger partial charge in [0.15, 0.2) is 11.1 Å². The number of aromatic hydroxyl groups is 1. The van der Waals surface area contributed by atoms with E-state index >= 15 is 0 Å². The molecule has 5 rings (SSSR count). The summed E-state index contributed by atoms with van der Waals surface area (Å²) in [5, 5.41) is 18.5. The van der Waals surface area contributed by atoms with Gasteiger partial charge in [0.2, 0.25) is 5.88 Å². The number of anilines is 2. The molecule has 0 saturated heterocycles. The summed E-state index contributed by atoms with van der Waals surface area (Å²) in [6.45, 7) is 0. The molecule has 1 aliphatic rings. The molecule has 0 unspecified atom stereocenters. The van der Waals surface area contributed by atoms with Crippen LogP contribution in [0.5, 0.6) is 5.88 Å². The fourth-order valence-electron chi connectivity index (χ4n) is 2.89. The van der Waals surface area contributed by atoms with Crippen molar-refractivity contribution >= 4 is 34.8 Å². The number of pyridine rings is 1. The summed E-state index contributed by atoms with van der Waals surface area (Å²) in [4.78, 5) is 29.6. The van der Waals surface area contributed by atoms with Gasteiger partial charge in [-0.05, 0) is 25.0 Å². The van der Waals surface area contributed by atoms with E-state index in [0.717, 1.165) is 12.8 Å². The maximum absolute atomic E-state index is 11.4. The van der Waals surface area contributed by atoms with Crippen molar-refractivity contribution in [2.45, 2.75) is 18.9 Å². The van der Waals surface area contributed by atoms with Gasteiger partial charge < -0.3 is 15.4 Å². The van der Waals surface area contributed by atoms with Gasteiger partial charge in [0.1, 0.15) is 11.5 Å². The van der Waals surface area contributed by atoms with E-state index in [-0.39, 0.29) is 17.6 Å². The molecule has 0 aromatic carbocycles. The van der Waals surface area contributed by atoms with Crippen LogP contribution in [0, 0.1) is 0 Å². The smallest absolute Gasteiger partial charge is 0.326 e. The van der Waals surface area contributed by atoms with Crippen molar-refractivity contribution in [3.63, 3.8) is 0 Å². The van der Waals surface area contributed by atoms with Crippen LogP contribution in [0.2, 0.25) is 5.02 Å². The quantitative estimate of drug-likeness (QED) is 0.394. The Hall–Kier alpha value is -3.66. The van der Waals surface area contributed by atoms with Gasteiger partial charge in [0.05, 0.1) is 29.1 Å². The molecule has 1 aliphatic carbocycles. The first-order chi connectivity index (χ1) is 14.0. The van der Waals surface area contributed by atoms with Crippen molar-refractivity contribution in [1.82, 2.24) is 29.5 Å². The summed E-state index contributed by atoms with van der Waals surface area (Å²) in [6, 6.07) is 3.82. The summed E-state index contributed by atoms with van der Waals surface area (Å²) in [7, 11) is 0. The molecule has 0 atom stereocenters. The third kappa shape index (κ3) is 3.57. The molecule has 11 heteroatoms. The van der Waals surface area contributed by atoms with E-state index in [1.54, 1.807) is 41.3 Å². The summed E-state index contributed by atoms with van der Waals surface area (Å²) in [5.74, 6) is 0.291. The number of imidazole rings is 1. The number of halogens is 1. The van der Waals surface area contributed by atoms with E-state index in [4.69, 9.17) is 16.6 Å². The summed E-state index contributed by atoms with van der Waals surface area (Å²) in [5.41, 5.74) is 1.60. The first-order valence-corrected chi connectivity index (χ1v) is 9.26. The van der Waals surface area contributed by atoms with Crippen molar-refractivity contribution in [3.05, 3.63) is 62.6 Å². The third-order valence-corrected chi connectivity index (χ3v) is 4.56. The lowest BCUT2D eigenvalue weighted by Crippen LogP contribution is -2.19. The summed E-state index contributed by atoms with van der Waals surface area (Å²) in [6.07, 6.45) is 8.47. The highest BCUT2D eigenvalue weighted by Crippen LogP contribution is 2.23. The molecule has 0 radical (unpaired) electrons. The SMILES string of the molecule is O=c1[nH]c(O)c(/C=c2\cnn3c(=NC4CC4)cc(Nc4cncc(Cl)c4)nc23)[nH]1. The molecule has 0 spiro atoms. The van der Waals surface area contributed by atoms with Gasteiger partial charge in [-0.15, -0.1) is 0 Å². The van der Waals surface area contributed by atoms with Crippen LogP contribution in [0.3, 0.4) is 0 Å². The van der Waals surface area contributed by atoms with Crippen LogP contribution in [0.4, 0.5) is 11.5 Å². The second-order valence-electron chi connectivity index (χ2n) is 6.70. The van der Waals surface area contributed by atoms with E-state index < -0.39 is 5.69 Å². The van der Waals surface area contributed by atoms with Crippen LogP contribution in [0.1, 0.15) is 18.5 Å². The molecule has 0 amide bonds. The predicted octanol–water partition coefficient (Wildman–Crippen LogP) is 0.854. The Kier molecular flexibility index (Phi) is 4.06. The number of hydrogen-bond acceptors (Lipinski definition) is 7. The van der Waals surface area contributed by atoms with Crippen LogP contribution in [-0.4, -0.2) is 40.7 Å². The third-order valence-electron chi connectivity index (χ3n) is 4.35.